The number of pyridine rings is 1. The average molecular weight is 477 g/mol. The summed E-state index contributed by atoms with van der Waals surface area (Å²) in [5.74, 6) is 0.357. The molecule has 0 unspecified atom stereocenters. The Balaban J connectivity index is 1.66. The van der Waals surface area contributed by atoms with Crippen molar-refractivity contribution >= 4 is 35.0 Å². The fourth-order valence-corrected chi connectivity index (χ4v) is 4.15. The maximum atomic E-state index is 13.5. The maximum absolute atomic E-state index is 13.5. The zero-order valence-electron chi connectivity index (χ0n) is 19.1. The second kappa shape index (κ2) is 10.4. The van der Waals surface area contributed by atoms with Gasteiger partial charge in [0, 0.05) is 42.3 Å². The van der Waals surface area contributed by atoms with E-state index in [1.165, 1.54) is 12.1 Å². The second-order valence-corrected chi connectivity index (χ2v) is 8.26. The first-order valence-corrected chi connectivity index (χ1v) is 12.0. The summed E-state index contributed by atoms with van der Waals surface area (Å²) < 4.78 is 15.5. The van der Waals surface area contributed by atoms with E-state index in [0.717, 1.165) is 33.4 Å². The molecule has 2 heterocycles. The molecule has 174 valence electrons. The Kier molecular flexibility index (Phi) is 7.12. The number of halogens is 1. The summed E-state index contributed by atoms with van der Waals surface area (Å²) in [6, 6.07) is 17.4. The van der Waals surface area contributed by atoms with Crippen molar-refractivity contribution in [3.8, 4) is 22.5 Å². The highest BCUT2D eigenvalue weighted by Gasteiger charge is 2.18. The van der Waals surface area contributed by atoms with Crippen LogP contribution in [0.25, 0.3) is 22.5 Å². The van der Waals surface area contributed by atoms with Gasteiger partial charge in [-0.2, -0.15) is 0 Å². The Morgan fingerprint density at radius 2 is 1.82 bits per heavy atom. The standard InChI is InChI=1S/C25H25FN6OS/c1-4-27-24(33)30-20-7-5-6-19(15-20)29-21-14-17(12-13-28-21)23-22(31-25(34-3)32(23)2)16-8-10-18(26)11-9-16/h5-15H,4H2,1-3H3,(H,28,29)(H2,27,30,33). The summed E-state index contributed by atoms with van der Waals surface area (Å²) in [5.41, 5.74) is 4.89. The van der Waals surface area contributed by atoms with Crippen LogP contribution in [0.3, 0.4) is 0 Å². The number of imidazole rings is 1. The number of urea groups is 1. The zero-order chi connectivity index (χ0) is 24.1. The monoisotopic (exact) mass is 476 g/mol. The largest absolute Gasteiger partial charge is 0.340 e. The number of anilines is 3. The predicted octanol–water partition coefficient (Wildman–Crippen LogP) is 5.90. The van der Waals surface area contributed by atoms with Crippen molar-refractivity contribution in [2.75, 3.05) is 23.4 Å². The lowest BCUT2D eigenvalue weighted by Crippen LogP contribution is -2.28. The van der Waals surface area contributed by atoms with Crippen molar-refractivity contribution in [2.24, 2.45) is 7.05 Å². The fourth-order valence-electron chi connectivity index (χ4n) is 3.60. The molecular formula is C25H25FN6OS. The fraction of sp³-hybridized carbons (Fsp3) is 0.160. The van der Waals surface area contributed by atoms with Gasteiger partial charge in [0.15, 0.2) is 5.16 Å². The third-order valence-electron chi connectivity index (χ3n) is 5.12. The first-order valence-electron chi connectivity index (χ1n) is 10.7. The molecule has 0 saturated carbocycles. The number of amides is 2. The summed E-state index contributed by atoms with van der Waals surface area (Å²) in [6.45, 7) is 2.41. The molecule has 0 radical (unpaired) electrons. The molecule has 2 amide bonds. The number of rotatable bonds is 7. The molecule has 34 heavy (non-hydrogen) atoms. The van der Waals surface area contributed by atoms with Crippen LogP contribution in [-0.2, 0) is 7.05 Å². The van der Waals surface area contributed by atoms with E-state index in [4.69, 9.17) is 4.98 Å². The summed E-state index contributed by atoms with van der Waals surface area (Å²) >= 11 is 1.55. The second-order valence-electron chi connectivity index (χ2n) is 7.48. The minimum absolute atomic E-state index is 0.256. The molecule has 0 spiro atoms. The molecule has 2 aromatic heterocycles. The van der Waals surface area contributed by atoms with E-state index in [0.29, 0.717) is 18.1 Å². The van der Waals surface area contributed by atoms with Crippen molar-refractivity contribution in [1.29, 1.82) is 0 Å². The molecule has 3 N–H and O–H groups in total. The number of hydrogen-bond acceptors (Lipinski definition) is 5. The highest BCUT2D eigenvalue weighted by molar-refractivity contribution is 7.98. The normalized spacial score (nSPS) is 10.7. The first kappa shape index (κ1) is 23.3. The van der Waals surface area contributed by atoms with Crippen molar-refractivity contribution in [2.45, 2.75) is 12.1 Å². The lowest BCUT2D eigenvalue weighted by atomic mass is 10.1. The number of aromatic nitrogens is 3. The minimum Gasteiger partial charge on any atom is -0.340 e. The van der Waals surface area contributed by atoms with Gasteiger partial charge >= 0.3 is 6.03 Å². The van der Waals surface area contributed by atoms with Crippen LogP contribution < -0.4 is 16.0 Å². The molecule has 0 aliphatic heterocycles. The topological polar surface area (TPSA) is 83.9 Å². The van der Waals surface area contributed by atoms with Gasteiger partial charge in [0.25, 0.3) is 0 Å². The Morgan fingerprint density at radius 3 is 2.56 bits per heavy atom. The SMILES string of the molecule is CCNC(=O)Nc1cccc(Nc2cc(-c3c(-c4ccc(F)cc4)nc(SC)n3C)ccn2)c1. The van der Waals surface area contributed by atoms with Crippen LogP contribution >= 0.6 is 11.8 Å². The van der Waals surface area contributed by atoms with Gasteiger partial charge in [-0.25, -0.2) is 19.2 Å². The Bertz CT molecular complexity index is 1310. The summed E-state index contributed by atoms with van der Waals surface area (Å²) in [4.78, 5) is 21.1. The highest BCUT2D eigenvalue weighted by atomic mass is 32.2. The van der Waals surface area contributed by atoms with Crippen LogP contribution in [0, 0.1) is 5.82 Å². The third-order valence-corrected chi connectivity index (χ3v) is 5.85. The smallest absolute Gasteiger partial charge is 0.319 e. The number of benzene rings is 2. The molecule has 9 heteroatoms. The van der Waals surface area contributed by atoms with Crippen molar-refractivity contribution in [3.63, 3.8) is 0 Å². The number of nitrogens with zero attached hydrogens (tertiary/aromatic N) is 3. The molecule has 0 saturated heterocycles. The minimum atomic E-state index is -0.286. The van der Waals surface area contributed by atoms with Gasteiger partial charge in [-0.1, -0.05) is 17.8 Å². The van der Waals surface area contributed by atoms with Crippen LogP contribution in [0.15, 0.2) is 72.0 Å². The quantitative estimate of drug-likeness (QED) is 0.290. The molecule has 4 aromatic rings. The van der Waals surface area contributed by atoms with E-state index in [1.807, 2.05) is 61.2 Å². The van der Waals surface area contributed by atoms with Crippen molar-refractivity contribution in [3.05, 3.63) is 72.7 Å². The van der Waals surface area contributed by atoms with E-state index in [1.54, 1.807) is 30.1 Å². The van der Waals surface area contributed by atoms with Gasteiger partial charge in [0.2, 0.25) is 0 Å². The van der Waals surface area contributed by atoms with Crippen LogP contribution in [0.5, 0.6) is 0 Å². The Hall–Kier alpha value is -3.85. The third kappa shape index (κ3) is 5.20. The zero-order valence-corrected chi connectivity index (χ0v) is 19.9. The van der Waals surface area contributed by atoms with Crippen LogP contribution in [-0.4, -0.2) is 33.4 Å². The molecule has 0 bridgehead atoms. The molecule has 0 atom stereocenters. The molecular weight excluding hydrogens is 451 g/mol. The van der Waals surface area contributed by atoms with Crippen LogP contribution in [0.2, 0.25) is 0 Å². The number of hydrogen-bond donors (Lipinski definition) is 3. The van der Waals surface area contributed by atoms with Crippen molar-refractivity contribution in [1.82, 2.24) is 19.9 Å². The van der Waals surface area contributed by atoms with Gasteiger partial charge in [-0.15, -0.1) is 0 Å². The van der Waals surface area contributed by atoms with E-state index < -0.39 is 0 Å². The predicted molar refractivity (Wildman–Crippen MR) is 136 cm³/mol. The Labute approximate surface area is 201 Å². The highest BCUT2D eigenvalue weighted by Crippen LogP contribution is 2.35. The molecule has 4 rings (SSSR count). The molecule has 0 aliphatic rings. The van der Waals surface area contributed by atoms with Gasteiger partial charge in [0.1, 0.15) is 11.6 Å². The number of nitrogens with one attached hydrogen (secondary N) is 3. The lowest BCUT2D eigenvalue weighted by molar-refractivity contribution is 0.252. The molecule has 0 fully saturated rings. The van der Waals surface area contributed by atoms with Gasteiger partial charge in [-0.3, -0.25) is 0 Å². The molecule has 0 aliphatic carbocycles. The molecule has 7 nitrogen and oxygen atoms in total. The van der Waals surface area contributed by atoms with Gasteiger partial charge in [0.05, 0.1) is 11.4 Å². The van der Waals surface area contributed by atoms with Gasteiger partial charge in [-0.05, 0) is 67.8 Å². The number of thioether (sulfide) groups is 1. The Morgan fingerprint density at radius 1 is 1.06 bits per heavy atom. The lowest BCUT2D eigenvalue weighted by Gasteiger charge is -2.12. The number of carbonyl (C=O) groups is 1. The van der Waals surface area contributed by atoms with Crippen LogP contribution in [0.1, 0.15) is 6.92 Å². The summed E-state index contributed by atoms with van der Waals surface area (Å²) in [5, 5.41) is 9.66. The summed E-state index contributed by atoms with van der Waals surface area (Å²) in [6.07, 6.45) is 3.70. The number of carbonyl (C=O) groups excluding carboxylic acids is 1. The summed E-state index contributed by atoms with van der Waals surface area (Å²) in [7, 11) is 1.96. The van der Waals surface area contributed by atoms with E-state index in [2.05, 4.69) is 20.9 Å². The molecule has 2 aromatic carbocycles. The maximum Gasteiger partial charge on any atom is 0.319 e. The van der Waals surface area contributed by atoms with E-state index in [9.17, 15) is 9.18 Å². The first-order chi connectivity index (χ1) is 16.5. The van der Waals surface area contributed by atoms with Gasteiger partial charge < -0.3 is 20.5 Å². The van der Waals surface area contributed by atoms with E-state index >= 15 is 0 Å². The average Bonchev–Trinajstić information content (AvgIpc) is 3.16. The van der Waals surface area contributed by atoms with Crippen molar-refractivity contribution < 1.29 is 9.18 Å². The van der Waals surface area contributed by atoms with Crippen LogP contribution in [0.4, 0.5) is 26.4 Å². The van der Waals surface area contributed by atoms with E-state index in [-0.39, 0.29) is 11.8 Å².